The van der Waals surface area contributed by atoms with Crippen LogP contribution in [0.1, 0.15) is 34.1 Å². The molecule has 0 amide bonds. The minimum absolute atomic E-state index is 0.0334. The van der Waals surface area contributed by atoms with E-state index in [0.717, 1.165) is 6.42 Å². The molecule has 3 rings (SSSR count). The molecule has 0 aromatic carbocycles. The Morgan fingerprint density at radius 3 is 2.15 bits per heavy atom. The van der Waals surface area contributed by atoms with Crippen molar-refractivity contribution < 1.29 is 17.9 Å². The number of halogens is 3. The van der Waals surface area contributed by atoms with Crippen molar-refractivity contribution in [3.05, 3.63) is 35.8 Å². The zero-order chi connectivity index (χ0) is 19.7. The molecule has 2 N–H and O–H groups in total. The van der Waals surface area contributed by atoms with Crippen LogP contribution in [0.2, 0.25) is 0 Å². The van der Waals surface area contributed by atoms with E-state index in [1.54, 1.807) is 17.9 Å². The average molecular weight is 373 g/mol. The van der Waals surface area contributed by atoms with Crippen LogP contribution in [-0.2, 0) is 4.74 Å². The van der Waals surface area contributed by atoms with E-state index >= 15 is 0 Å². The Morgan fingerprint density at radius 1 is 1.15 bits per heavy atom. The van der Waals surface area contributed by atoms with E-state index in [-0.39, 0.29) is 29.1 Å². The van der Waals surface area contributed by atoms with E-state index in [0.29, 0.717) is 13.1 Å². The van der Waals surface area contributed by atoms with Crippen LogP contribution in [0.25, 0.3) is 0 Å². The summed E-state index contributed by atoms with van der Waals surface area (Å²) in [5, 5.41) is 0. The summed E-state index contributed by atoms with van der Waals surface area (Å²) >= 11 is 0. The number of alkyl halides is 3. The summed E-state index contributed by atoms with van der Waals surface area (Å²) in [5.41, 5.74) is 5.72. The first-order chi connectivity index (χ1) is 12.0. The molecule has 3 atom stereocenters. The molecule has 0 aromatic heterocycles. The van der Waals surface area contributed by atoms with Crippen LogP contribution in [0.15, 0.2) is 35.8 Å². The molecule has 0 spiro atoms. The highest BCUT2D eigenvalue weighted by atomic mass is 19.4. The van der Waals surface area contributed by atoms with Gasteiger partial charge in [-0.25, -0.2) is 0 Å². The van der Waals surface area contributed by atoms with Crippen molar-refractivity contribution in [3.8, 4) is 0 Å². The third-order valence-electron chi connectivity index (χ3n) is 5.16. The minimum atomic E-state index is -4.36. The largest absolute Gasteiger partial charge is 0.483 e. The van der Waals surface area contributed by atoms with E-state index in [4.69, 9.17) is 10.5 Å². The van der Waals surface area contributed by atoms with Gasteiger partial charge < -0.3 is 10.5 Å². The Morgan fingerprint density at radius 2 is 1.73 bits per heavy atom. The Labute approximate surface area is 154 Å². The predicted molar refractivity (Wildman–Crippen MR) is 97.4 cm³/mol. The van der Waals surface area contributed by atoms with Gasteiger partial charge in [0, 0.05) is 30.7 Å². The van der Waals surface area contributed by atoms with Gasteiger partial charge in [0.1, 0.15) is 6.04 Å². The number of fused-ring (bicyclic) bond motifs is 2. The van der Waals surface area contributed by atoms with E-state index in [1.807, 2.05) is 0 Å². The van der Waals surface area contributed by atoms with Crippen molar-refractivity contribution in [1.82, 2.24) is 9.80 Å². The lowest BCUT2D eigenvalue weighted by Crippen LogP contribution is -2.75. The van der Waals surface area contributed by atoms with E-state index < -0.39 is 12.2 Å². The van der Waals surface area contributed by atoms with Crippen molar-refractivity contribution in [2.24, 2.45) is 5.73 Å². The molecule has 3 saturated heterocycles. The van der Waals surface area contributed by atoms with E-state index in [9.17, 15) is 13.2 Å². The predicted octanol–water partition coefficient (Wildman–Crippen LogP) is 3.42. The van der Waals surface area contributed by atoms with Crippen molar-refractivity contribution in [3.63, 3.8) is 0 Å². The highest BCUT2D eigenvalue weighted by Crippen LogP contribution is 2.43. The average Bonchev–Trinajstić information content (AvgIpc) is 2.54. The summed E-state index contributed by atoms with van der Waals surface area (Å²) in [5.74, 6) is 0.0793. The van der Waals surface area contributed by atoms with Gasteiger partial charge in [0.2, 0.25) is 0 Å². The molecular formula is C19H30F3N3O. The van der Waals surface area contributed by atoms with Crippen LogP contribution in [0.3, 0.4) is 0 Å². The van der Waals surface area contributed by atoms with Gasteiger partial charge >= 0.3 is 6.18 Å². The molecule has 0 saturated carbocycles. The third-order valence-corrected chi connectivity index (χ3v) is 5.16. The fourth-order valence-corrected chi connectivity index (χ4v) is 3.81. The molecule has 3 aliphatic rings. The number of piperazine rings is 1. The van der Waals surface area contributed by atoms with Crippen molar-refractivity contribution in [1.29, 1.82) is 0 Å². The summed E-state index contributed by atoms with van der Waals surface area (Å²) in [6, 6.07) is -1.81. The fourth-order valence-electron chi connectivity index (χ4n) is 3.81. The number of hydrogen-bond acceptors (Lipinski definition) is 4. The third kappa shape index (κ3) is 4.43. The van der Waals surface area contributed by atoms with Crippen LogP contribution in [-0.4, -0.2) is 59.8 Å². The molecule has 3 unspecified atom stereocenters. The van der Waals surface area contributed by atoms with Gasteiger partial charge in [0.25, 0.3) is 0 Å². The molecule has 0 aromatic rings. The maximum atomic E-state index is 14.0. The second kappa shape index (κ2) is 7.64. The van der Waals surface area contributed by atoms with Crippen molar-refractivity contribution in [2.45, 2.75) is 64.0 Å². The highest BCUT2D eigenvalue weighted by Gasteiger charge is 2.57. The highest BCUT2D eigenvalue weighted by molar-refractivity contribution is 5.32. The van der Waals surface area contributed by atoms with Crippen LogP contribution in [0.4, 0.5) is 13.2 Å². The number of hydrogen-bond donors (Lipinski definition) is 1. The topological polar surface area (TPSA) is 41.7 Å². The first-order valence-electron chi connectivity index (χ1n) is 8.92. The molecule has 26 heavy (non-hydrogen) atoms. The van der Waals surface area contributed by atoms with E-state index in [2.05, 4.69) is 25.7 Å². The zero-order valence-electron chi connectivity index (χ0n) is 16.2. The molecule has 3 aliphatic heterocycles. The number of ether oxygens (including phenoxy) is 1. The van der Waals surface area contributed by atoms with Crippen molar-refractivity contribution in [2.75, 3.05) is 20.2 Å². The molecule has 0 radical (unpaired) electrons. The summed E-state index contributed by atoms with van der Waals surface area (Å²) in [4.78, 5) is 3.91. The second-order valence-corrected chi connectivity index (χ2v) is 7.95. The molecule has 4 nitrogen and oxygen atoms in total. The van der Waals surface area contributed by atoms with Gasteiger partial charge in [0.15, 0.2) is 5.88 Å². The van der Waals surface area contributed by atoms with Crippen LogP contribution in [0.5, 0.6) is 0 Å². The van der Waals surface area contributed by atoms with Gasteiger partial charge in [0.05, 0.1) is 7.11 Å². The molecular weight excluding hydrogens is 343 g/mol. The maximum Gasteiger partial charge on any atom is 0.408 e. The standard InChI is InChI=1S/C19H30F3N3O/c1-6-7-13(8-9-16(23)26-5)17(19(20,21)22)25-14-10-15(25)12-24(11-14)18(2,3)4/h6-9,14-15,17H,10-12,23H2,1-5H3/b7-6-,13-8+,16-9+. The quantitative estimate of drug-likeness (QED) is 0.592. The van der Waals surface area contributed by atoms with Crippen molar-refractivity contribution >= 4 is 0 Å². The second-order valence-electron chi connectivity index (χ2n) is 7.95. The Balaban J connectivity index is 2.32. The lowest BCUT2D eigenvalue weighted by molar-refractivity contribution is -0.220. The molecule has 2 bridgehead atoms. The lowest BCUT2D eigenvalue weighted by Gasteiger charge is -2.61. The number of methoxy groups -OCH3 is 1. The first kappa shape index (κ1) is 20.8. The normalized spacial score (nSPS) is 27.5. The summed E-state index contributed by atoms with van der Waals surface area (Å²) < 4.78 is 46.8. The SMILES string of the molecule is C\C=C/C(=C\C=C(/N)OC)C(N1C2CC1CN(C(C)(C)C)C2)C(F)(F)F. The zero-order valence-corrected chi connectivity index (χ0v) is 16.2. The van der Waals surface area contributed by atoms with Gasteiger partial charge in [-0.1, -0.05) is 18.2 Å². The first-order valence-corrected chi connectivity index (χ1v) is 8.92. The Hall–Kier alpha value is -1.47. The van der Waals surface area contributed by atoms with Crippen LogP contribution < -0.4 is 5.73 Å². The van der Waals surface area contributed by atoms with Gasteiger partial charge in [-0.2, -0.15) is 13.2 Å². The smallest absolute Gasteiger partial charge is 0.408 e. The summed E-state index contributed by atoms with van der Waals surface area (Å²) in [6.45, 7) is 9.34. The monoisotopic (exact) mass is 373 g/mol. The summed E-state index contributed by atoms with van der Waals surface area (Å²) in [6.07, 6.45) is 2.38. The van der Waals surface area contributed by atoms with Crippen LogP contribution in [0, 0.1) is 0 Å². The number of nitrogens with zero attached hydrogens (tertiary/aromatic N) is 2. The lowest BCUT2D eigenvalue weighted by atomic mass is 9.81. The Bertz CT molecular complexity index is 578. The fraction of sp³-hybridized carbons (Fsp3) is 0.684. The maximum absolute atomic E-state index is 14.0. The van der Waals surface area contributed by atoms with E-state index in [1.165, 1.54) is 25.3 Å². The molecule has 0 aliphatic carbocycles. The van der Waals surface area contributed by atoms with Gasteiger partial charge in [-0.3, -0.25) is 9.80 Å². The molecule has 148 valence electrons. The van der Waals surface area contributed by atoms with Gasteiger partial charge in [-0.05, 0) is 45.8 Å². The molecule has 3 heterocycles. The summed E-state index contributed by atoms with van der Waals surface area (Å²) in [7, 11) is 1.39. The van der Waals surface area contributed by atoms with Crippen LogP contribution >= 0.6 is 0 Å². The van der Waals surface area contributed by atoms with Gasteiger partial charge in [-0.15, -0.1) is 0 Å². The molecule has 3 fully saturated rings. The number of nitrogens with two attached hydrogens (primary N) is 1. The molecule has 7 heteroatoms. The minimum Gasteiger partial charge on any atom is -0.483 e. The number of allylic oxidation sites excluding steroid dienone is 3. The Kier molecular flexibility index (Phi) is 6.13. The number of rotatable bonds is 5. The number of piperidine rings is 1.